The Bertz CT molecular complexity index is 459. The number of aromatic nitrogens is 2. The highest BCUT2D eigenvalue weighted by molar-refractivity contribution is 5.76. The van der Waals surface area contributed by atoms with E-state index in [9.17, 15) is 4.79 Å². The van der Waals surface area contributed by atoms with Crippen molar-refractivity contribution in [3.05, 3.63) is 17.5 Å². The molecule has 0 aliphatic rings. The summed E-state index contributed by atoms with van der Waals surface area (Å²) in [6, 6.07) is 0.253. The quantitative estimate of drug-likeness (QED) is 0.757. The molecule has 0 aliphatic heterocycles. The summed E-state index contributed by atoms with van der Waals surface area (Å²) in [7, 11) is 1.94. The minimum atomic E-state index is 0.0339. The van der Waals surface area contributed by atoms with Gasteiger partial charge in [-0.1, -0.05) is 27.7 Å². The summed E-state index contributed by atoms with van der Waals surface area (Å²) in [6.07, 6.45) is 3.52. The van der Waals surface area contributed by atoms with Crippen LogP contribution in [0.5, 0.6) is 0 Å². The zero-order valence-corrected chi connectivity index (χ0v) is 14.3. The number of amides is 1. The number of carbonyl (C=O) groups excluding carboxylic acids is 1. The third-order valence-corrected chi connectivity index (χ3v) is 3.48. The number of carbonyl (C=O) groups is 1. The van der Waals surface area contributed by atoms with Crippen molar-refractivity contribution in [3.8, 4) is 0 Å². The fourth-order valence-electron chi connectivity index (χ4n) is 2.17. The van der Waals surface area contributed by atoms with Gasteiger partial charge in [0, 0.05) is 49.8 Å². The van der Waals surface area contributed by atoms with Crippen molar-refractivity contribution in [2.75, 3.05) is 6.54 Å². The second-order valence-corrected chi connectivity index (χ2v) is 6.73. The first-order valence-corrected chi connectivity index (χ1v) is 7.77. The first-order chi connectivity index (χ1) is 9.74. The third kappa shape index (κ3) is 5.87. The van der Waals surface area contributed by atoms with Crippen molar-refractivity contribution >= 4 is 5.91 Å². The molecule has 0 saturated heterocycles. The van der Waals surface area contributed by atoms with Gasteiger partial charge in [-0.05, 0) is 13.3 Å². The molecule has 21 heavy (non-hydrogen) atoms. The van der Waals surface area contributed by atoms with E-state index in [0.717, 1.165) is 18.7 Å². The summed E-state index contributed by atoms with van der Waals surface area (Å²) in [5.74, 6) is 0.110. The maximum Gasteiger partial charge on any atom is 0.221 e. The molecule has 0 aliphatic carbocycles. The molecule has 1 atom stereocenters. The zero-order valence-electron chi connectivity index (χ0n) is 14.3. The van der Waals surface area contributed by atoms with Crippen LogP contribution in [0.1, 0.15) is 58.7 Å². The standard InChI is InChI=1S/C16H30N4O/c1-7-12(2)18-14(21)8-9-17-10-13-11-20(6)19-15(13)16(3,4)5/h11-12,17H,7-10H2,1-6H3,(H,18,21). The van der Waals surface area contributed by atoms with Crippen molar-refractivity contribution in [2.24, 2.45) is 7.05 Å². The Kier molecular flexibility index (Phi) is 6.40. The lowest BCUT2D eigenvalue weighted by Gasteiger charge is -2.17. The summed E-state index contributed by atoms with van der Waals surface area (Å²) in [5.41, 5.74) is 2.35. The first kappa shape index (κ1) is 17.7. The van der Waals surface area contributed by atoms with E-state index >= 15 is 0 Å². The molecule has 0 spiro atoms. The average molecular weight is 294 g/mol. The van der Waals surface area contributed by atoms with E-state index in [4.69, 9.17) is 0 Å². The SMILES string of the molecule is CCC(C)NC(=O)CCNCc1cn(C)nc1C(C)(C)C. The molecule has 0 bridgehead atoms. The Labute approximate surface area is 128 Å². The molecule has 0 saturated carbocycles. The topological polar surface area (TPSA) is 59.0 Å². The van der Waals surface area contributed by atoms with Gasteiger partial charge in [-0.25, -0.2) is 0 Å². The van der Waals surface area contributed by atoms with Crippen LogP contribution in [0.2, 0.25) is 0 Å². The van der Waals surface area contributed by atoms with Crippen LogP contribution in [0.4, 0.5) is 0 Å². The van der Waals surface area contributed by atoms with E-state index in [1.807, 2.05) is 24.9 Å². The molecule has 2 N–H and O–H groups in total. The van der Waals surface area contributed by atoms with Crippen LogP contribution >= 0.6 is 0 Å². The highest BCUT2D eigenvalue weighted by atomic mass is 16.1. The van der Waals surface area contributed by atoms with Crippen molar-refractivity contribution in [2.45, 2.75) is 65.5 Å². The molecule has 1 amide bonds. The predicted molar refractivity (Wildman–Crippen MR) is 86.1 cm³/mol. The predicted octanol–water partition coefficient (Wildman–Crippen LogP) is 2.11. The van der Waals surface area contributed by atoms with Gasteiger partial charge in [0.2, 0.25) is 5.91 Å². The monoisotopic (exact) mass is 294 g/mol. The van der Waals surface area contributed by atoms with Gasteiger partial charge in [-0.3, -0.25) is 9.48 Å². The van der Waals surface area contributed by atoms with Crippen LogP contribution in [-0.2, 0) is 23.8 Å². The smallest absolute Gasteiger partial charge is 0.221 e. The number of hydrogen-bond donors (Lipinski definition) is 2. The van der Waals surface area contributed by atoms with Gasteiger partial charge >= 0.3 is 0 Å². The minimum absolute atomic E-state index is 0.0339. The van der Waals surface area contributed by atoms with E-state index in [0.29, 0.717) is 13.0 Å². The largest absolute Gasteiger partial charge is 0.354 e. The zero-order chi connectivity index (χ0) is 16.0. The Balaban J connectivity index is 2.42. The van der Waals surface area contributed by atoms with Crippen LogP contribution in [0.25, 0.3) is 0 Å². The molecule has 120 valence electrons. The maximum absolute atomic E-state index is 11.7. The Morgan fingerprint density at radius 3 is 2.67 bits per heavy atom. The molecule has 1 aromatic rings. The Hall–Kier alpha value is -1.36. The van der Waals surface area contributed by atoms with Crippen LogP contribution in [0.15, 0.2) is 6.20 Å². The summed E-state index contributed by atoms with van der Waals surface area (Å²) >= 11 is 0. The van der Waals surface area contributed by atoms with E-state index in [2.05, 4.69) is 43.4 Å². The fourth-order valence-corrected chi connectivity index (χ4v) is 2.17. The molecular weight excluding hydrogens is 264 g/mol. The molecule has 0 aromatic carbocycles. The summed E-state index contributed by atoms with van der Waals surface area (Å²) < 4.78 is 1.85. The lowest BCUT2D eigenvalue weighted by atomic mass is 9.89. The van der Waals surface area contributed by atoms with Crippen molar-refractivity contribution in [1.82, 2.24) is 20.4 Å². The summed E-state index contributed by atoms with van der Waals surface area (Å²) in [5, 5.41) is 10.9. The highest BCUT2D eigenvalue weighted by Gasteiger charge is 2.21. The third-order valence-electron chi connectivity index (χ3n) is 3.48. The molecular formula is C16H30N4O. The van der Waals surface area contributed by atoms with Gasteiger partial charge in [0.25, 0.3) is 0 Å². The van der Waals surface area contributed by atoms with E-state index in [1.165, 1.54) is 5.56 Å². The van der Waals surface area contributed by atoms with E-state index < -0.39 is 0 Å². The number of rotatable bonds is 7. The number of nitrogens with zero attached hydrogens (tertiary/aromatic N) is 2. The maximum atomic E-state index is 11.7. The fraction of sp³-hybridized carbons (Fsp3) is 0.750. The molecule has 0 fully saturated rings. The van der Waals surface area contributed by atoms with Gasteiger partial charge in [-0.2, -0.15) is 5.10 Å². The van der Waals surface area contributed by atoms with Crippen molar-refractivity contribution < 1.29 is 4.79 Å². The second-order valence-electron chi connectivity index (χ2n) is 6.73. The van der Waals surface area contributed by atoms with E-state index in [-0.39, 0.29) is 17.4 Å². The number of hydrogen-bond acceptors (Lipinski definition) is 3. The molecule has 1 rings (SSSR count). The van der Waals surface area contributed by atoms with Gasteiger partial charge in [0.15, 0.2) is 0 Å². The van der Waals surface area contributed by atoms with Crippen LogP contribution in [-0.4, -0.2) is 28.3 Å². The molecule has 5 nitrogen and oxygen atoms in total. The van der Waals surface area contributed by atoms with Gasteiger partial charge in [-0.15, -0.1) is 0 Å². The average Bonchev–Trinajstić information content (AvgIpc) is 2.75. The molecule has 0 radical (unpaired) electrons. The summed E-state index contributed by atoms with van der Waals surface area (Å²) in [4.78, 5) is 11.7. The van der Waals surface area contributed by atoms with Crippen LogP contribution in [0, 0.1) is 0 Å². The molecule has 5 heteroatoms. The van der Waals surface area contributed by atoms with Crippen molar-refractivity contribution in [1.29, 1.82) is 0 Å². The molecule has 1 aromatic heterocycles. The Morgan fingerprint density at radius 1 is 1.43 bits per heavy atom. The normalized spacial score (nSPS) is 13.2. The van der Waals surface area contributed by atoms with E-state index in [1.54, 1.807) is 0 Å². The van der Waals surface area contributed by atoms with Crippen LogP contribution < -0.4 is 10.6 Å². The lowest BCUT2D eigenvalue weighted by Crippen LogP contribution is -2.34. The van der Waals surface area contributed by atoms with Gasteiger partial charge < -0.3 is 10.6 Å². The van der Waals surface area contributed by atoms with Crippen LogP contribution in [0.3, 0.4) is 0 Å². The number of aryl methyl sites for hydroxylation is 1. The first-order valence-electron chi connectivity index (χ1n) is 7.77. The summed E-state index contributed by atoms with van der Waals surface area (Å²) in [6.45, 7) is 12.0. The minimum Gasteiger partial charge on any atom is -0.354 e. The Morgan fingerprint density at radius 2 is 2.10 bits per heavy atom. The van der Waals surface area contributed by atoms with Crippen molar-refractivity contribution in [3.63, 3.8) is 0 Å². The lowest BCUT2D eigenvalue weighted by molar-refractivity contribution is -0.121. The second kappa shape index (κ2) is 7.59. The molecule has 1 heterocycles. The highest BCUT2D eigenvalue weighted by Crippen LogP contribution is 2.23. The number of nitrogens with one attached hydrogen (secondary N) is 2. The van der Waals surface area contributed by atoms with Gasteiger partial charge in [0.05, 0.1) is 5.69 Å². The van der Waals surface area contributed by atoms with Gasteiger partial charge in [0.1, 0.15) is 0 Å². The molecule has 1 unspecified atom stereocenters.